The standard InChI is InChI=1S/C12H17N3O3S/c1-13-12(10(17)18)5-2-3-8(7-12)19-11-14-6-4-9(16)15-11/h4,6,8,13H,2-3,5,7H2,1H3,(H,17,18)(H,14,15,16). The molecule has 0 saturated heterocycles. The van der Waals surface area contributed by atoms with Crippen molar-refractivity contribution in [2.24, 2.45) is 0 Å². The van der Waals surface area contributed by atoms with Crippen LogP contribution < -0.4 is 10.9 Å². The van der Waals surface area contributed by atoms with Gasteiger partial charge in [0.1, 0.15) is 5.54 Å². The van der Waals surface area contributed by atoms with Gasteiger partial charge in [0.2, 0.25) is 0 Å². The topological polar surface area (TPSA) is 95.1 Å². The van der Waals surface area contributed by atoms with E-state index in [1.165, 1.54) is 24.0 Å². The minimum absolute atomic E-state index is 0.142. The molecule has 1 aliphatic rings. The summed E-state index contributed by atoms with van der Waals surface area (Å²) in [5.74, 6) is -0.810. The summed E-state index contributed by atoms with van der Waals surface area (Å²) < 4.78 is 0. The van der Waals surface area contributed by atoms with Gasteiger partial charge in [-0.05, 0) is 32.7 Å². The molecule has 0 aromatic carbocycles. The molecule has 6 nitrogen and oxygen atoms in total. The summed E-state index contributed by atoms with van der Waals surface area (Å²) in [5, 5.41) is 13.0. The maximum Gasteiger partial charge on any atom is 0.323 e. The largest absolute Gasteiger partial charge is 0.480 e. The predicted molar refractivity (Wildman–Crippen MR) is 72.4 cm³/mol. The molecule has 1 aromatic heterocycles. The van der Waals surface area contributed by atoms with Crippen LogP contribution in [0.1, 0.15) is 25.7 Å². The summed E-state index contributed by atoms with van der Waals surface area (Å²) in [5.41, 5.74) is -1.04. The lowest BCUT2D eigenvalue weighted by atomic mass is 9.81. The van der Waals surface area contributed by atoms with Gasteiger partial charge in [-0.15, -0.1) is 0 Å². The fourth-order valence-electron chi connectivity index (χ4n) is 2.42. The minimum Gasteiger partial charge on any atom is -0.480 e. The summed E-state index contributed by atoms with van der Waals surface area (Å²) in [7, 11) is 1.68. The highest BCUT2D eigenvalue weighted by Gasteiger charge is 2.42. The van der Waals surface area contributed by atoms with Crippen molar-refractivity contribution in [2.75, 3.05) is 7.05 Å². The highest BCUT2D eigenvalue weighted by Crippen LogP contribution is 2.37. The SMILES string of the molecule is CNC1(C(=O)O)CCCC(Sc2nccc(=O)[nH]2)C1. The van der Waals surface area contributed by atoms with Crippen molar-refractivity contribution in [1.82, 2.24) is 15.3 Å². The van der Waals surface area contributed by atoms with Crippen LogP contribution >= 0.6 is 11.8 Å². The number of nitrogens with zero attached hydrogens (tertiary/aromatic N) is 1. The van der Waals surface area contributed by atoms with E-state index in [0.717, 1.165) is 12.8 Å². The Morgan fingerprint density at radius 3 is 3.11 bits per heavy atom. The first-order chi connectivity index (χ1) is 9.05. The molecule has 0 radical (unpaired) electrons. The first-order valence-electron chi connectivity index (χ1n) is 6.20. The number of hydrogen-bond donors (Lipinski definition) is 3. The number of carboxylic acid groups (broad SMARTS) is 1. The number of thioether (sulfide) groups is 1. The highest BCUT2D eigenvalue weighted by atomic mass is 32.2. The second-order valence-electron chi connectivity index (χ2n) is 4.71. The molecule has 7 heteroatoms. The van der Waals surface area contributed by atoms with Crippen LogP contribution in [0.5, 0.6) is 0 Å². The van der Waals surface area contributed by atoms with E-state index < -0.39 is 11.5 Å². The molecule has 2 atom stereocenters. The number of likely N-dealkylation sites (N-methyl/N-ethyl adjacent to an activating group) is 1. The third-order valence-corrected chi connectivity index (χ3v) is 4.69. The Balaban J connectivity index is 2.09. The molecule has 1 fully saturated rings. The van der Waals surface area contributed by atoms with E-state index in [4.69, 9.17) is 0 Å². The van der Waals surface area contributed by atoms with E-state index in [9.17, 15) is 14.7 Å². The van der Waals surface area contributed by atoms with Gasteiger partial charge in [0.05, 0.1) is 0 Å². The monoisotopic (exact) mass is 283 g/mol. The van der Waals surface area contributed by atoms with Gasteiger partial charge in [-0.25, -0.2) is 4.98 Å². The third kappa shape index (κ3) is 3.16. The zero-order chi connectivity index (χ0) is 13.9. The van der Waals surface area contributed by atoms with Crippen LogP contribution in [0, 0.1) is 0 Å². The van der Waals surface area contributed by atoms with E-state index >= 15 is 0 Å². The van der Waals surface area contributed by atoms with E-state index in [-0.39, 0.29) is 10.8 Å². The van der Waals surface area contributed by atoms with Gasteiger partial charge >= 0.3 is 5.97 Å². The van der Waals surface area contributed by atoms with Crippen molar-refractivity contribution in [3.8, 4) is 0 Å². The van der Waals surface area contributed by atoms with Crippen LogP contribution in [0.3, 0.4) is 0 Å². The number of carbonyl (C=O) groups is 1. The molecule has 1 heterocycles. The van der Waals surface area contributed by atoms with Gasteiger partial charge in [-0.1, -0.05) is 11.8 Å². The summed E-state index contributed by atoms with van der Waals surface area (Å²) in [4.78, 5) is 29.4. The van der Waals surface area contributed by atoms with Gasteiger partial charge in [-0.2, -0.15) is 0 Å². The number of carboxylic acids is 1. The van der Waals surface area contributed by atoms with Crippen LogP contribution in [0.2, 0.25) is 0 Å². The molecule has 1 aliphatic carbocycles. The van der Waals surface area contributed by atoms with Gasteiger partial charge in [0.25, 0.3) is 5.56 Å². The number of aromatic amines is 1. The molecule has 2 unspecified atom stereocenters. The summed E-state index contributed by atoms with van der Waals surface area (Å²) in [6, 6.07) is 1.36. The number of H-pyrrole nitrogens is 1. The molecule has 19 heavy (non-hydrogen) atoms. The van der Waals surface area contributed by atoms with Crippen molar-refractivity contribution < 1.29 is 9.90 Å². The second kappa shape index (κ2) is 5.75. The van der Waals surface area contributed by atoms with Crippen LogP contribution in [-0.4, -0.2) is 38.9 Å². The van der Waals surface area contributed by atoms with Crippen molar-refractivity contribution >= 4 is 17.7 Å². The average Bonchev–Trinajstić information content (AvgIpc) is 2.38. The number of nitrogens with one attached hydrogen (secondary N) is 2. The Kier molecular flexibility index (Phi) is 4.26. The fraction of sp³-hybridized carbons (Fsp3) is 0.583. The van der Waals surface area contributed by atoms with Crippen LogP contribution in [0.15, 0.2) is 22.2 Å². The molecule has 0 amide bonds. The lowest BCUT2D eigenvalue weighted by Gasteiger charge is -2.36. The number of aromatic nitrogens is 2. The number of rotatable bonds is 4. The van der Waals surface area contributed by atoms with E-state index in [2.05, 4.69) is 15.3 Å². The summed E-state index contributed by atoms with van der Waals surface area (Å²) >= 11 is 1.44. The molecule has 2 rings (SSSR count). The smallest absolute Gasteiger partial charge is 0.323 e. The van der Waals surface area contributed by atoms with Gasteiger partial charge < -0.3 is 15.4 Å². The second-order valence-corrected chi connectivity index (χ2v) is 6.00. The Labute approximate surface area is 115 Å². The number of aliphatic carboxylic acids is 1. The highest BCUT2D eigenvalue weighted by molar-refractivity contribution is 7.99. The molecule has 3 N–H and O–H groups in total. The molecule has 1 aromatic rings. The molecule has 1 saturated carbocycles. The summed E-state index contributed by atoms with van der Waals surface area (Å²) in [6.07, 6.45) is 4.41. The Bertz CT molecular complexity index is 519. The zero-order valence-electron chi connectivity index (χ0n) is 10.7. The summed E-state index contributed by atoms with van der Waals surface area (Å²) in [6.45, 7) is 0. The molecular formula is C12H17N3O3S. The van der Waals surface area contributed by atoms with Crippen LogP contribution in [0.25, 0.3) is 0 Å². The van der Waals surface area contributed by atoms with E-state index in [1.54, 1.807) is 7.05 Å². The minimum atomic E-state index is -0.856. The third-order valence-electron chi connectivity index (χ3n) is 3.52. The maximum atomic E-state index is 11.4. The van der Waals surface area contributed by atoms with Crippen molar-refractivity contribution in [3.63, 3.8) is 0 Å². The first-order valence-corrected chi connectivity index (χ1v) is 7.08. The molecule has 104 valence electrons. The lowest BCUT2D eigenvalue weighted by molar-refractivity contribution is -0.146. The van der Waals surface area contributed by atoms with Crippen LogP contribution in [-0.2, 0) is 4.79 Å². The normalized spacial score (nSPS) is 27.1. The molecule has 0 spiro atoms. The Morgan fingerprint density at radius 1 is 1.68 bits per heavy atom. The zero-order valence-corrected chi connectivity index (χ0v) is 11.5. The van der Waals surface area contributed by atoms with E-state index in [1.807, 2.05) is 0 Å². The number of hydrogen-bond acceptors (Lipinski definition) is 5. The van der Waals surface area contributed by atoms with Crippen molar-refractivity contribution in [1.29, 1.82) is 0 Å². The Morgan fingerprint density at radius 2 is 2.47 bits per heavy atom. The van der Waals surface area contributed by atoms with Gasteiger partial charge in [-0.3, -0.25) is 9.59 Å². The fourth-order valence-corrected chi connectivity index (χ4v) is 3.67. The first kappa shape index (κ1) is 14.1. The van der Waals surface area contributed by atoms with Gasteiger partial charge in [0.15, 0.2) is 5.16 Å². The quantitative estimate of drug-likeness (QED) is 0.709. The molecular weight excluding hydrogens is 266 g/mol. The predicted octanol–water partition coefficient (Wildman–Crippen LogP) is 0.847. The lowest BCUT2D eigenvalue weighted by Crippen LogP contribution is -2.53. The van der Waals surface area contributed by atoms with Gasteiger partial charge in [0, 0.05) is 17.5 Å². The molecule has 0 bridgehead atoms. The molecule has 0 aliphatic heterocycles. The van der Waals surface area contributed by atoms with E-state index in [0.29, 0.717) is 18.0 Å². The average molecular weight is 283 g/mol. The Hall–Kier alpha value is -1.34. The maximum absolute atomic E-state index is 11.4. The van der Waals surface area contributed by atoms with Crippen LogP contribution in [0.4, 0.5) is 0 Å². The van der Waals surface area contributed by atoms with Crippen molar-refractivity contribution in [2.45, 2.75) is 41.6 Å². The van der Waals surface area contributed by atoms with Crippen molar-refractivity contribution in [3.05, 3.63) is 22.6 Å².